The Morgan fingerprint density at radius 3 is 1.16 bits per heavy atom. The summed E-state index contributed by atoms with van der Waals surface area (Å²) in [6.45, 7) is 0. The number of fused-ring (bicyclic) bond motifs is 8. The van der Waals surface area contributed by atoms with E-state index in [-0.39, 0.29) is 32.1 Å². The molecule has 0 fully saturated rings. The molecule has 0 aliphatic carbocycles. The quantitative estimate of drug-likeness (QED) is 0.108. The largest absolute Gasteiger partial charge is 0.364 e. The van der Waals surface area contributed by atoms with Crippen LogP contribution in [0.25, 0.3) is 22.3 Å². The van der Waals surface area contributed by atoms with Gasteiger partial charge in [0.25, 0.3) is 30.4 Å². The molecule has 324 valence electrons. The van der Waals surface area contributed by atoms with E-state index >= 15 is 0 Å². The maximum absolute atomic E-state index is 14.2. The van der Waals surface area contributed by atoms with Gasteiger partial charge in [-0.3, -0.25) is 18.2 Å². The molecular weight excluding hydrogens is 905 g/mol. The van der Waals surface area contributed by atoms with Crippen molar-refractivity contribution in [2.75, 3.05) is 0 Å². The highest BCUT2D eigenvalue weighted by Crippen LogP contribution is 2.34. The van der Waals surface area contributed by atoms with Crippen LogP contribution >= 0.6 is 0 Å². The maximum atomic E-state index is 14.2. The fraction of sp³-hybridized carbons (Fsp3) is 0. The third-order valence-corrected chi connectivity index (χ3v) is 14.2. The van der Waals surface area contributed by atoms with Crippen molar-refractivity contribution < 1.29 is 51.9 Å². The molecule has 0 amide bonds. The second-order valence-corrected chi connectivity index (χ2v) is 19.8. The second kappa shape index (κ2) is 15.4. The highest BCUT2D eigenvalue weighted by molar-refractivity contribution is 7.89. The molecule has 7 N–H and O–H groups in total. The first kappa shape index (κ1) is 42.4. The van der Waals surface area contributed by atoms with Gasteiger partial charge < -0.3 is 15.0 Å². The van der Waals surface area contributed by atoms with Gasteiger partial charge in [0.2, 0.25) is 0 Å². The lowest BCUT2D eigenvalue weighted by Gasteiger charge is -2.13. The molecule has 9 rings (SSSR count). The van der Waals surface area contributed by atoms with Crippen LogP contribution in [0.3, 0.4) is 0 Å². The van der Waals surface area contributed by atoms with E-state index in [1.807, 2.05) is 0 Å². The van der Waals surface area contributed by atoms with Crippen LogP contribution in [0.5, 0.6) is 0 Å². The van der Waals surface area contributed by atoms with E-state index in [4.69, 9.17) is 0 Å². The zero-order chi connectivity index (χ0) is 45.3. The Balaban J connectivity index is 1.71. The summed E-state index contributed by atoms with van der Waals surface area (Å²) >= 11 is 0. The molecule has 8 bridgehead atoms. The predicted octanol–water partition coefficient (Wildman–Crippen LogP) is 3.17. The zero-order valence-electron chi connectivity index (χ0n) is 32.6. The van der Waals surface area contributed by atoms with E-state index < -0.39 is 82.9 Å². The van der Waals surface area contributed by atoms with Gasteiger partial charge in [0.15, 0.2) is 0 Å². The van der Waals surface area contributed by atoms with Crippen LogP contribution < -0.4 is 21.4 Å². The SMILES string of the molecule is O=S(=O)(O)c1cc2[nH]c1C(c1ccccc1)=c1c(S(=O)(=O)O)c(S(=O)(=O)O)c(n1S(=O)(=O)O)=C(c1ccccc1)c1ccc([nH]1)C(c1ccccc1)=c1ccc([nH]1)=C2c1ccccc1. The Morgan fingerprint density at radius 1 is 0.375 bits per heavy atom. The Labute approximate surface area is 364 Å². The Kier molecular flexibility index (Phi) is 10.2. The van der Waals surface area contributed by atoms with E-state index in [0.29, 0.717) is 33.1 Å². The molecule has 4 aromatic carbocycles. The van der Waals surface area contributed by atoms with Gasteiger partial charge in [0, 0.05) is 50.1 Å². The molecule has 0 unspecified atom stereocenters. The summed E-state index contributed by atoms with van der Waals surface area (Å²) < 4.78 is 156. The van der Waals surface area contributed by atoms with Gasteiger partial charge in [-0.25, -0.2) is 3.97 Å². The second-order valence-electron chi connectivity index (χ2n) is 14.5. The minimum Gasteiger partial charge on any atom is -0.354 e. The smallest absolute Gasteiger partial charge is 0.354 e. The van der Waals surface area contributed by atoms with E-state index in [1.165, 1.54) is 60.7 Å². The first-order valence-electron chi connectivity index (χ1n) is 18.8. The van der Waals surface area contributed by atoms with Crippen LogP contribution in [0.4, 0.5) is 0 Å². The zero-order valence-corrected chi connectivity index (χ0v) is 35.8. The van der Waals surface area contributed by atoms with Crippen molar-refractivity contribution in [3.05, 3.63) is 218 Å². The van der Waals surface area contributed by atoms with Crippen LogP contribution in [0.1, 0.15) is 45.0 Å². The van der Waals surface area contributed by atoms with Gasteiger partial charge >= 0.3 is 10.3 Å². The first-order valence-corrected chi connectivity index (χ1v) is 24.6. The molecule has 0 spiro atoms. The first-order chi connectivity index (χ1) is 30.3. The molecule has 0 radical (unpaired) electrons. The van der Waals surface area contributed by atoms with Gasteiger partial charge in [-0.1, -0.05) is 121 Å². The average molecular weight is 937 g/mol. The number of aromatic nitrogens is 4. The Bertz CT molecular complexity index is 3920. The topological polar surface area (TPSA) is 270 Å². The van der Waals surface area contributed by atoms with Gasteiger partial charge in [-0.2, -0.15) is 33.7 Å². The lowest BCUT2D eigenvalue weighted by atomic mass is 10.0. The molecule has 1 aliphatic rings. The number of aromatic amines is 3. The molecular formula is C44H32N4O12S4. The van der Waals surface area contributed by atoms with Crippen molar-refractivity contribution in [1.82, 2.24) is 18.9 Å². The van der Waals surface area contributed by atoms with Crippen molar-refractivity contribution in [2.45, 2.75) is 14.7 Å². The Hall–Kier alpha value is -6.88. The fourth-order valence-corrected chi connectivity index (χ4v) is 11.9. The van der Waals surface area contributed by atoms with Crippen LogP contribution in [-0.4, -0.2) is 70.8 Å². The lowest BCUT2D eigenvalue weighted by molar-refractivity contribution is 0.466. The predicted molar refractivity (Wildman–Crippen MR) is 234 cm³/mol. The van der Waals surface area contributed by atoms with E-state index in [2.05, 4.69) is 15.0 Å². The molecule has 0 atom stereocenters. The van der Waals surface area contributed by atoms with Crippen LogP contribution in [0.15, 0.2) is 166 Å². The van der Waals surface area contributed by atoms with Crippen LogP contribution in [0, 0.1) is 0 Å². The fourth-order valence-electron chi connectivity index (χ4n) is 8.13. The highest BCUT2D eigenvalue weighted by Gasteiger charge is 2.39. The summed E-state index contributed by atoms with van der Waals surface area (Å²) in [6.07, 6.45) is 0. The number of H-pyrrole nitrogens is 3. The standard InChI is InChI=1S/C44H32N4O12S4/c49-61(50,51)35-25-34-37(27-15-7-2-8-16-27)32-22-21-30(45-32)36(26-13-5-1-6-14-26)31-23-24-33(46-31)38(28-17-9-3-10-18-28)41-43(62(52,53)54)44(63(55,56)57)42(48(41)64(58,59)60)39(40(35)47-34)29-19-11-4-12-20-29/h1-25,45-47H,(H,49,50,51)(H,52,53,54)(H,55,56,57)(H,58,59,60). The molecule has 64 heavy (non-hydrogen) atoms. The third-order valence-electron chi connectivity index (χ3n) is 10.5. The number of nitrogens with zero attached hydrogens (tertiary/aromatic N) is 1. The van der Waals surface area contributed by atoms with Gasteiger partial charge in [-0.05, 0) is 52.6 Å². The maximum Gasteiger partial charge on any atom is 0.364 e. The number of hydrogen-bond acceptors (Lipinski definition) is 8. The normalized spacial score (nSPS) is 13.7. The van der Waals surface area contributed by atoms with E-state index in [1.54, 1.807) is 84.9 Å². The van der Waals surface area contributed by atoms with E-state index in [0.717, 1.165) is 6.07 Å². The molecule has 1 aliphatic heterocycles. The van der Waals surface area contributed by atoms with Crippen LogP contribution in [-0.2, 0) is 40.7 Å². The minimum absolute atomic E-state index is 0.00493. The molecule has 4 aromatic heterocycles. The summed E-state index contributed by atoms with van der Waals surface area (Å²) in [5, 5.41) is -1.65. The summed E-state index contributed by atoms with van der Waals surface area (Å²) in [4.78, 5) is 5.16. The van der Waals surface area contributed by atoms with Crippen molar-refractivity contribution in [2.24, 2.45) is 0 Å². The monoisotopic (exact) mass is 936 g/mol. The average Bonchev–Trinajstić information content (AvgIpc) is 4.06. The van der Waals surface area contributed by atoms with Crippen molar-refractivity contribution in [3.63, 3.8) is 0 Å². The molecule has 20 heteroatoms. The van der Waals surface area contributed by atoms with Gasteiger partial charge in [0.05, 0.1) is 16.4 Å². The van der Waals surface area contributed by atoms with Crippen LogP contribution in [0.2, 0.25) is 0 Å². The molecule has 8 aromatic rings. The van der Waals surface area contributed by atoms with Crippen molar-refractivity contribution >= 4 is 63.0 Å². The summed E-state index contributed by atoms with van der Waals surface area (Å²) in [6, 6.07) is 39.2. The van der Waals surface area contributed by atoms with Gasteiger partial charge in [-0.15, -0.1) is 0 Å². The minimum atomic E-state index is -6.06. The van der Waals surface area contributed by atoms with Crippen molar-refractivity contribution in [1.29, 1.82) is 0 Å². The lowest BCUT2D eigenvalue weighted by Crippen LogP contribution is -2.38. The third kappa shape index (κ3) is 7.46. The molecule has 0 saturated carbocycles. The molecule has 16 nitrogen and oxygen atoms in total. The number of benzene rings is 4. The van der Waals surface area contributed by atoms with E-state index in [9.17, 15) is 51.9 Å². The number of nitrogens with one attached hydrogen (secondary N) is 3. The highest BCUT2D eigenvalue weighted by atomic mass is 32.2. The number of hydrogen-bond donors (Lipinski definition) is 7. The Morgan fingerprint density at radius 2 is 0.750 bits per heavy atom. The molecule has 5 heterocycles. The summed E-state index contributed by atoms with van der Waals surface area (Å²) in [5.41, 5.74) is -0.0616. The number of rotatable bonds is 8. The van der Waals surface area contributed by atoms with Gasteiger partial charge in [0.1, 0.15) is 14.7 Å². The summed E-state index contributed by atoms with van der Waals surface area (Å²) in [7, 11) is -23.5. The summed E-state index contributed by atoms with van der Waals surface area (Å²) in [5.74, 6) is 0. The van der Waals surface area contributed by atoms with Crippen molar-refractivity contribution in [3.8, 4) is 0 Å². The molecule has 0 saturated heterocycles.